The molecule has 0 amide bonds. The fourth-order valence-corrected chi connectivity index (χ4v) is 3.06. The van der Waals surface area contributed by atoms with Gasteiger partial charge in [0.25, 0.3) is 0 Å². The van der Waals surface area contributed by atoms with E-state index in [9.17, 15) is 0 Å². The maximum absolute atomic E-state index is 5.94. The minimum absolute atomic E-state index is 0.201. The van der Waals surface area contributed by atoms with Gasteiger partial charge in [-0.25, -0.2) is 0 Å². The Hall–Kier alpha value is -2.95. The van der Waals surface area contributed by atoms with Crippen molar-refractivity contribution in [3.05, 3.63) is 106 Å². The van der Waals surface area contributed by atoms with Gasteiger partial charge in [0.1, 0.15) is 41.5 Å². The second kappa shape index (κ2) is 12.8. The summed E-state index contributed by atoms with van der Waals surface area (Å²) in [5, 5.41) is 4.20. The molecule has 3 rings (SSSR count). The lowest BCUT2D eigenvalue weighted by molar-refractivity contribution is 0.157. The molecule has 3 aromatic carbocycles. The minimum atomic E-state index is 0.201. The highest BCUT2D eigenvalue weighted by Crippen LogP contribution is 2.19. The normalized spacial score (nSPS) is 11.0. The summed E-state index contributed by atoms with van der Waals surface area (Å²) < 4.78 is 11.7. The van der Waals surface area contributed by atoms with Gasteiger partial charge in [0.05, 0.1) is 0 Å². The third-order valence-corrected chi connectivity index (χ3v) is 4.84. The van der Waals surface area contributed by atoms with E-state index < -0.39 is 0 Å². The summed E-state index contributed by atoms with van der Waals surface area (Å²) in [4.78, 5) is 5.25. The Bertz CT molecular complexity index is 1010. The van der Waals surface area contributed by atoms with Gasteiger partial charge in [-0.3, -0.25) is 0 Å². The van der Waals surface area contributed by atoms with E-state index in [4.69, 9.17) is 37.5 Å². The lowest BCUT2D eigenvalue weighted by Crippen LogP contribution is -2.13. The van der Waals surface area contributed by atoms with Crippen molar-refractivity contribution in [3.63, 3.8) is 0 Å². The first kappa shape index (κ1) is 23.7. The highest BCUT2D eigenvalue weighted by atomic mass is 35.5. The predicted octanol–water partition coefficient (Wildman–Crippen LogP) is 6.79. The highest BCUT2D eigenvalue weighted by molar-refractivity contribution is 6.55. The van der Waals surface area contributed by atoms with Crippen LogP contribution in [0.25, 0.3) is 0 Å². The van der Waals surface area contributed by atoms with Gasteiger partial charge in [-0.2, -0.15) is 0 Å². The van der Waals surface area contributed by atoms with E-state index in [1.165, 1.54) is 11.1 Å². The monoisotopic (exact) mass is 469 g/mol. The van der Waals surface area contributed by atoms with Crippen LogP contribution in [-0.2, 0) is 11.3 Å². The molecule has 0 spiro atoms. The molecule has 0 aliphatic heterocycles. The molecule has 0 heterocycles. The van der Waals surface area contributed by atoms with Gasteiger partial charge < -0.3 is 14.3 Å². The van der Waals surface area contributed by atoms with E-state index in [1.54, 1.807) is 6.08 Å². The Morgan fingerprint density at radius 1 is 0.812 bits per heavy atom. The third kappa shape index (κ3) is 7.95. The molecular weight excluding hydrogens is 445 g/mol. The van der Waals surface area contributed by atoms with E-state index in [1.807, 2.05) is 73.7 Å². The lowest BCUT2D eigenvalue weighted by Gasteiger charge is -2.10. The van der Waals surface area contributed by atoms with Crippen molar-refractivity contribution in [2.75, 3.05) is 19.8 Å². The Balaban J connectivity index is 1.55. The molecule has 0 unspecified atom stereocenters. The summed E-state index contributed by atoms with van der Waals surface area (Å²) in [6.07, 6.45) is 2.42. The first-order valence-electron chi connectivity index (χ1n) is 10.3. The predicted molar refractivity (Wildman–Crippen MR) is 131 cm³/mol. The molecule has 0 aromatic heterocycles. The van der Waals surface area contributed by atoms with Crippen LogP contribution in [0, 0.1) is 0 Å². The fourth-order valence-electron chi connectivity index (χ4n) is 2.93. The van der Waals surface area contributed by atoms with Crippen LogP contribution in [0.15, 0.2) is 94.6 Å². The summed E-state index contributed by atoms with van der Waals surface area (Å²) in [7, 11) is 0. The Morgan fingerprint density at radius 3 is 1.97 bits per heavy atom. The SMILES string of the molecule is CCON=C(COc1ccc(Cc2ccc(OCC=C(Cl)Cl)cc2)cc1)c1ccccc1. The summed E-state index contributed by atoms with van der Waals surface area (Å²) in [6.45, 7) is 3.08. The molecule has 4 nitrogen and oxygen atoms in total. The first-order valence-corrected chi connectivity index (χ1v) is 11.1. The molecule has 0 bridgehead atoms. The van der Waals surface area contributed by atoms with Gasteiger partial charge in [-0.1, -0.05) is 83.0 Å². The average Bonchev–Trinajstić information content (AvgIpc) is 2.82. The number of oxime groups is 1. The van der Waals surface area contributed by atoms with Crippen LogP contribution in [0.3, 0.4) is 0 Å². The van der Waals surface area contributed by atoms with Gasteiger partial charge in [-0.05, 0) is 54.8 Å². The quantitative estimate of drug-likeness (QED) is 0.229. The molecule has 0 N–H and O–H groups in total. The number of rotatable bonds is 11. The van der Waals surface area contributed by atoms with Gasteiger partial charge in [0, 0.05) is 5.56 Å². The van der Waals surface area contributed by atoms with Gasteiger partial charge in [-0.15, -0.1) is 0 Å². The highest BCUT2D eigenvalue weighted by Gasteiger charge is 2.06. The van der Waals surface area contributed by atoms with Crippen molar-refractivity contribution in [1.29, 1.82) is 0 Å². The fraction of sp³-hybridized carbons (Fsp3) is 0.192. The second-order valence-corrected chi connectivity index (χ2v) is 7.89. The molecular formula is C26H25Cl2NO3. The maximum Gasteiger partial charge on any atom is 0.134 e. The van der Waals surface area contributed by atoms with E-state index in [0.717, 1.165) is 29.2 Å². The van der Waals surface area contributed by atoms with Crippen LogP contribution in [0.2, 0.25) is 0 Å². The van der Waals surface area contributed by atoms with Crippen LogP contribution < -0.4 is 9.47 Å². The van der Waals surface area contributed by atoms with Crippen LogP contribution in [0.1, 0.15) is 23.6 Å². The lowest BCUT2D eigenvalue weighted by atomic mass is 10.0. The Kier molecular flexibility index (Phi) is 9.48. The summed E-state index contributed by atoms with van der Waals surface area (Å²) in [6, 6.07) is 25.9. The standard InChI is InChI=1S/C26H25Cl2NO3/c1-2-32-29-25(22-6-4-3-5-7-22)19-31-24-14-10-21(11-15-24)18-20-8-12-23(13-9-20)30-17-16-26(27)28/h3-16H,2,17-19H2,1H3. The minimum Gasteiger partial charge on any atom is -0.489 e. The zero-order chi connectivity index (χ0) is 22.6. The van der Waals surface area contributed by atoms with Crippen molar-refractivity contribution in [2.45, 2.75) is 13.3 Å². The summed E-state index contributed by atoms with van der Waals surface area (Å²) in [5.74, 6) is 1.55. The average molecular weight is 470 g/mol. The molecule has 0 saturated carbocycles. The number of nitrogens with zero attached hydrogens (tertiary/aromatic N) is 1. The van der Waals surface area contributed by atoms with Gasteiger partial charge in [0.15, 0.2) is 0 Å². The van der Waals surface area contributed by atoms with Crippen LogP contribution >= 0.6 is 23.2 Å². The summed E-state index contributed by atoms with van der Waals surface area (Å²) in [5.41, 5.74) is 4.11. The molecule has 6 heteroatoms. The Labute approximate surface area is 199 Å². The second-order valence-electron chi connectivity index (χ2n) is 6.88. The van der Waals surface area contributed by atoms with E-state index in [0.29, 0.717) is 19.8 Å². The molecule has 0 aliphatic rings. The number of ether oxygens (including phenoxy) is 2. The molecule has 0 radical (unpaired) electrons. The van der Waals surface area contributed by atoms with Gasteiger partial charge >= 0.3 is 0 Å². The van der Waals surface area contributed by atoms with E-state index in [-0.39, 0.29) is 4.49 Å². The zero-order valence-corrected chi connectivity index (χ0v) is 19.4. The number of halogens is 2. The summed E-state index contributed by atoms with van der Waals surface area (Å²) >= 11 is 11.2. The van der Waals surface area contributed by atoms with Crippen molar-refractivity contribution >= 4 is 28.9 Å². The van der Waals surface area contributed by atoms with Crippen molar-refractivity contribution in [1.82, 2.24) is 0 Å². The number of benzene rings is 3. The third-order valence-electron chi connectivity index (χ3n) is 4.53. The van der Waals surface area contributed by atoms with Crippen LogP contribution in [0.5, 0.6) is 11.5 Å². The van der Waals surface area contributed by atoms with Crippen molar-refractivity contribution in [2.24, 2.45) is 5.16 Å². The zero-order valence-electron chi connectivity index (χ0n) is 17.8. The Morgan fingerprint density at radius 2 is 1.41 bits per heavy atom. The molecule has 0 fully saturated rings. The van der Waals surface area contributed by atoms with E-state index in [2.05, 4.69) is 17.3 Å². The van der Waals surface area contributed by atoms with Crippen molar-refractivity contribution < 1.29 is 14.3 Å². The van der Waals surface area contributed by atoms with Gasteiger partial charge in [0.2, 0.25) is 0 Å². The molecule has 3 aromatic rings. The molecule has 0 saturated heterocycles. The van der Waals surface area contributed by atoms with Crippen molar-refractivity contribution in [3.8, 4) is 11.5 Å². The first-order chi connectivity index (χ1) is 15.6. The molecule has 166 valence electrons. The molecule has 32 heavy (non-hydrogen) atoms. The van der Waals surface area contributed by atoms with Crippen LogP contribution in [0.4, 0.5) is 0 Å². The topological polar surface area (TPSA) is 40.0 Å². The number of hydrogen-bond donors (Lipinski definition) is 0. The largest absolute Gasteiger partial charge is 0.489 e. The maximum atomic E-state index is 5.94. The number of hydrogen-bond acceptors (Lipinski definition) is 4. The van der Waals surface area contributed by atoms with E-state index >= 15 is 0 Å². The molecule has 0 aliphatic carbocycles. The smallest absolute Gasteiger partial charge is 0.134 e. The van der Waals surface area contributed by atoms with Crippen LogP contribution in [-0.4, -0.2) is 25.5 Å². The molecule has 0 atom stereocenters.